The summed E-state index contributed by atoms with van der Waals surface area (Å²) >= 11 is 0. The van der Waals surface area contributed by atoms with Crippen molar-refractivity contribution < 1.29 is 8.78 Å². The monoisotopic (exact) mass is 536 g/mol. The van der Waals surface area contributed by atoms with E-state index in [2.05, 4.69) is 35.5 Å². The van der Waals surface area contributed by atoms with Gasteiger partial charge in [0.1, 0.15) is 17.2 Å². The maximum Gasteiger partial charge on any atom is 0.161 e. The zero-order valence-electron chi connectivity index (χ0n) is 21.6. The molecule has 7 rings (SSSR count). The summed E-state index contributed by atoms with van der Waals surface area (Å²) in [7, 11) is 0. The molecule has 1 fully saturated rings. The van der Waals surface area contributed by atoms with Crippen LogP contribution in [-0.4, -0.2) is 41.7 Å². The summed E-state index contributed by atoms with van der Waals surface area (Å²) in [6.45, 7) is 1.65. The summed E-state index contributed by atoms with van der Waals surface area (Å²) in [5.74, 6) is 0.293. The number of aromatic amines is 2. The third kappa shape index (κ3) is 4.50. The Kier molecular flexibility index (Phi) is 6.24. The van der Waals surface area contributed by atoms with Gasteiger partial charge in [-0.25, -0.2) is 13.8 Å². The summed E-state index contributed by atoms with van der Waals surface area (Å²) in [5.41, 5.74) is 5.34. The number of nitrogens with one attached hydrogen (secondary N) is 3. The molecule has 3 N–H and O–H groups in total. The zero-order valence-corrected chi connectivity index (χ0v) is 21.6. The lowest BCUT2D eigenvalue weighted by Crippen LogP contribution is -2.20. The van der Waals surface area contributed by atoms with E-state index < -0.39 is 5.82 Å². The van der Waals surface area contributed by atoms with Gasteiger partial charge in [0.2, 0.25) is 0 Å². The van der Waals surface area contributed by atoms with Crippen LogP contribution in [0.3, 0.4) is 0 Å². The normalized spacial score (nSPS) is 14.1. The van der Waals surface area contributed by atoms with Crippen molar-refractivity contribution in [3.63, 3.8) is 0 Å². The van der Waals surface area contributed by atoms with Crippen molar-refractivity contribution in [2.45, 2.75) is 32.2 Å². The molecular formula is C30H26F2N8. The van der Waals surface area contributed by atoms with Gasteiger partial charge in [-0.1, -0.05) is 25.0 Å². The van der Waals surface area contributed by atoms with Gasteiger partial charge in [0, 0.05) is 36.3 Å². The maximum atomic E-state index is 16.1. The van der Waals surface area contributed by atoms with Gasteiger partial charge in [-0.15, -0.1) is 0 Å². The number of pyridine rings is 3. The number of aromatic nitrogens is 7. The van der Waals surface area contributed by atoms with Crippen molar-refractivity contribution in [2.24, 2.45) is 5.92 Å². The Hall–Kier alpha value is -4.57. The van der Waals surface area contributed by atoms with Crippen LogP contribution in [0.25, 0.3) is 55.8 Å². The van der Waals surface area contributed by atoms with Crippen molar-refractivity contribution >= 4 is 21.9 Å². The first-order valence-electron chi connectivity index (χ1n) is 13.4. The van der Waals surface area contributed by atoms with E-state index in [1.807, 2.05) is 6.07 Å². The van der Waals surface area contributed by atoms with E-state index in [9.17, 15) is 4.39 Å². The Balaban J connectivity index is 1.23. The highest BCUT2D eigenvalue weighted by molar-refractivity contribution is 5.97. The molecule has 8 nitrogen and oxygen atoms in total. The second-order valence-electron chi connectivity index (χ2n) is 10.3. The Labute approximate surface area is 228 Å². The van der Waals surface area contributed by atoms with Gasteiger partial charge in [0.15, 0.2) is 11.6 Å². The molecule has 1 aliphatic rings. The van der Waals surface area contributed by atoms with Crippen LogP contribution in [0.1, 0.15) is 31.2 Å². The molecule has 0 saturated heterocycles. The molecule has 200 valence electrons. The highest BCUT2D eigenvalue weighted by atomic mass is 19.1. The van der Waals surface area contributed by atoms with Crippen LogP contribution in [-0.2, 0) is 6.54 Å². The molecule has 1 aliphatic carbocycles. The fourth-order valence-electron chi connectivity index (χ4n) is 5.58. The minimum atomic E-state index is -0.503. The maximum absolute atomic E-state index is 16.1. The van der Waals surface area contributed by atoms with E-state index in [1.165, 1.54) is 37.8 Å². The number of hydrogen-bond acceptors (Lipinski definition) is 6. The number of fused-ring (bicyclic) bond motifs is 2. The van der Waals surface area contributed by atoms with Crippen molar-refractivity contribution in [1.82, 2.24) is 40.4 Å². The SMILES string of the molecule is Fc1ccc(-c2cncc3[nH]c(-c4n[nH]c5cnc(-c6cncc(CNCC7CCCC7)c6)c(F)c45)nc23)cc1. The Morgan fingerprint density at radius 3 is 2.55 bits per heavy atom. The van der Waals surface area contributed by atoms with Gasteiger partial charge < -0.3 is 10.3 Å². The van der Waals surface area contributed by atoms with Crippen molar-refractivity contribution in [3.8, 4) is 33.9 Å². The predicted octanol–water partition coefficient (Wildman–Crippen LogP) is 6.18. The number of benzene rings is 1. The number of imidazole rings is 1. The standard InChI is InChI=1S/C30H26F2N8/c31-21-7-5-19(6-8-21)22-14-35-15-24-28(22)38-30(37-24)29-25-23(39-40-29)16-36-27(26(25)32)20-9-18(12-34-13-20)11-33-10-17-3-1-2-4-17/h5-9,12-17,33H,1-4,10-11H2,(H,37,38)(H,39,40). The van der Waals surface area contributed by atoms with Crippen LogP contribution in [0.4, 0.5) is 8.78 Å². The van der Waals surface area contributed by atoms with Crippen LogP contribution >= 0.6 is 0 Å². The van der Waals surface area contributed by atoms with Gasteiger partial charge >= 0.3 is 0 Å². The van der Waals surface area contributed by atoms with Gasteiger partial charge in [0.25, 0.3) is 0 Å². The summed E-state index contributed by atoms with van der Waals surface area (Å²) in [5, 5.41) is 11.0. The lowest BCUT2D eigenvalue weighted by atomic mass is 10.1. The van der Waals surface area contributed by atoms with Crippen molar-refractivity contribution in [2.75, 3.05) is 6.54 Å². The van der Waals surface area contributed by atoms with Crippen LogP contribution < -0.4 is 5.32 Å². The number of H-pyrrole nitrogens is 2. The third-order valence-electron chi connectivity index (χ3n) is 7.62. The van der Waals surface area contributed by atoms with Crippen LogP contribution in [0.15, 0.2) is 61.3 Å². The molecule has 0 amide bonds. The summed E-state index contributed by atoms with van der Waals surface area (Å²) < 4.78 is 29.6. The average Bonchev–Trinajstić information content (AvgIpc) is 3.73. The molecule has 1 aromatic carbocycles. The lowest BCUT2D eigenvalue weighted by molar-refractivity contribution is 0.489. The van der Waals surface area contributed by atoms with E-state index in [4.69, 9.17) is 4.98 Å². The quantitative estimate of drug-likeness (QED) is 0.225. The first kappa shape index (κ1) is 24.5. The highest BCUT2D eigenvalue weighted by Gasteiger charge is 2.22. The fraction of sp³-hybridized carbons (Fsp3) is 0.233. The molecule has 0 aliphatic heterocycles. The van der Waals surface area contributed by atoms with Crippen molar-refractivity contribution in [3.05, 3.63) is 78.5 Å². The number of nitrogens with zero attached hydrogens (tertiary/aromatic N) is 5. The molecule has 0 bridgehead atoms. The van der Waals surface area contributed by atoms with Crippen LogP contribution in [0, 0.1) is 17.6 Å². The molecule has 10 heteroatoms. The van der Waals surface area contributed by atoms with E-state index >= 15 is 4.39 Å². The topological polar surface area (TPSA) is 108 Å². The molecule has 40 heavy (non-hydrogen) atoms. The Morgan fingerprint density at radius 2 is 1.70 bits per heavy atom. The average molecular weight is 537 g/mol. The first-order valence-corrected chi connectivity index (χ1v) is 13.4. The van der Waals surface area contributed by atoms with Gasteiger partial charge in [0.05, 0.1) is 34.3 Å². The molecule has 5 aromatic heterocycles. The largest absolute Gasteiger partial charge is 0.335 e. The van der Waals surface area contributed by atoms with Crippen LogP contribution in [0.5, 0.6) is 0 Å². The van der Waals surface area contributed by atoms with Gasteiger partial charge in [-0.05, 0) is 54.6 Å². The first-order chi connectivity index (χ1) is 19.6. The molecule has 0 radical (unpaired) electrons. The summed E-state index contributed by atoms with van der Waals surface area (Å²) in [4.78, 5) is 21.0. The molecule has 6 aromatic rings. The summed E-state index contributed by atoms with van der Waals surface area (Å²) in [6.07, 6.45) is 13.5. The predicted molar refractivity (Wildman–Crippen MR) is 149 cm³/mol. The van der Waals surface area contributed by atoms with E-state index in [0.29, 0.717) is 40.2 Å². The molecule has 0 atom stereocenters. The van der Waals surface area contributed by atoms with Gasteiger partial charge in [-0.2, -0.15) is 5.10 Å². The minimum absolute atomic E-state index is 0.199. The van der Waals surface area contributed by atoms with Crippen LogP contribution in [0.2, 0.25) is 0 Å². The van der Waals surface area contributed by atoms with Gasteiger partial charge in [-0.3, -0.25) is 20.1 Å². The Bertz CT molecular complexity index is 1820. The number of halogens is 2. The molecule has 1 saturated carbocycles. The van der Waals surface area contributed by atoms with E-state index in [0.717, 1.165) is 29.2 Å². The molecule has 0 unspecified atom stereocenters. The minimum Gasteiger partial charge on any atom is -0.335 e. The molecular weight excluding hydrogens is 510 g/mol. The zero-order chi connectivity index (χ0) is 27.1. The summed E-state index contributed by atoms with van der Waals surface area (Å²) in [6, 6.07) is 8.06. The molecule has 0 spiro atoms. The fourth-order valence-corrected chi connectivity index (χ4v) is 5.58. The second kappa shape index (κ2) is 10.2. The lowest BCUT2D eigenvalue weighted by Gasteiger charge is -2.11. The second-order valence-corrected chi connectivity index (χ2v) is 10.3. The smallest absolute Gasteiger partial charge is 0.161 e. The number of rotatable bonds is 7. The third-order valence-corrected chi connectivity index (χ3v) is 7.62. The Morgan fingerprint density at radius 1 is 0.875 bits per heavy atom. The molecule has 5 heterocycles. The van der Waals surface area contributed by atoms with Crippen molar-refractivity contribution in [1.29, 1.82) is 0 Å². The highest BCUT2D eigenvalue weighted by Crippen LogP contribution is 2.34. The van der Waals surface area contributed by atoms with E-state index in [-0.39, 0.29) is 16.9 Å². The van der Waals surface area contributed by atoms with E-state index in [1.54, 1.807) is 43.1 Å². The number of hydrogen-bond donors (Lipinski definition) is 3.